The standard InChI is InChI=1S/C13H20FN3/c1-16-7-6-10(8-16)9-17(2)12-5-3-4-11(14)13(12)15/h3-5,10H,6-9,15H2,1-2H3. The molecule has 1 fully saturated rings. The van der Waals surface area contributed by atoms with Crippen LogP contribution in [0.25, 0.3) is 0 Å². The Balaban J connectivity index is 2.04. The molecule has 0 aromatic heterocycles. The van der Waals surface area contributed by atoms with Crippen molar-refractivity contribution in [2.75, 3.05) is 44.4 Å². The third-order valence-electron chi connectivity index (χ3n) is 3.46. The smallest absolute Gasteiger partial charge is 0.148 e. The van der Waals surface area contributed by atoms with E-state index >= 15 is 0 Å². The molecule has 1 aromatic carbocycles. The molecule has 0 aliphatic carbocycles. The first-order valence-corrected chi connectivity index (χ1v) is 6.01. The molecule has 1 aromatic rings. The lowest BCUT2D eigenvalue weighted by Crippen LogP contribution is -2.27. The fraction of sp³-hybridized carbons (Fsp3) is 0.538. The summed E-state index contributed by atoms with van der Waals surface area (Å²) in [6, 6.07) is 4.98. The molecule has 0 radical (unpaired) electrons. The molecule has 3 nitrogen and oxygen atoms in total. The zero-order valence-corrected chi connectivity index (χ0v) is 10.5. The van der Waals surface area contributed by atoms with Crippen LogP contribution in [0.5, 0.6) is 0 Å². The zero-order chi connectivity index (χ0) is 12.4. The maximum atomic E-state index is 13.4. The van der Waals surface area contributed by atoms with Gasteiger partial charge in [-0.2, -0.15) is 0 Å². The first-order chi connectivity index (χ1) is 8.08. The largest absolute Gasteiger partial charge is 0.395 e. The van der Waals surface area contributed by atoms with Crippen LogP contribution < -0.4 is 10.6 Å². The van der Waals surface area contributed by atoms with Gasteiger partial charge in [-0.25, -0.2) is 4.39 Å². The van der Waals surface area contributed by atoms with Crippen LogP contribution in [0.1, 0.15) is 6.42 Å². The minimum Gasteiger partial charge on any atom is -0.395 e. The van der Waals surface area contributed by atoms with E-state index in [1.165, 1.54) is 12.5 Å². The molecule has 1 aliphatic heterocycles. The summed E-state index contributed by atoms with van der Waals surface area (Å²) in [5.41, 5.74) is 6.80. The Hall–Kier alpha value is -1.29. The molecule has 1 aliphatic rings. The van der Waals surface area contributed by atoms with Gasteiger partial charge in [-0.05, 0) is 38.1 Å². The van der Waals surface area contributed by atoms with Crippen LogP contribution in [0.15, 0.2) is 18.2 Å². The Morgan fingerprint density at radius 3 is 2.94 bits per heavy atom. The number of nitrogen functional groups attached to an aromatic ring is 1. The van der Waals surface area contributed by atoms with Crippen LogP contribution in [0.2, 0.25) is 0 Å². The fourth-order valence-corrected chi connectivity index (χ4v) is 2.52. The molecule has 2 N–H and O–H groups in total. The molecule has 2 rings (SSSR count). The molecule has 0 spiro atoms. The van der Waals surface area contributed by atoms with Crippen molar-refractivity contribution in [1.29, 1.82) is 0 Å². The van der Waals surface area contributed by atoms with Gasteiger partial charge in [0.2, 0.25) is 0 Å². The maximum Gasteiger partial charge on any atom is 0.148 e. The Kier molecular flexibility index (Phi) is 3.52. The Bertz CT molecular complexity index is 394. The molecule has 0 bridgehead atoms. The van der Waals surface area contributed by atoms with Gasteiger partial charge in [-0.3, -0.25) is 0 Å². The van der Waals surface area contributed by atoms with E-state index in [1.54, 1.807) is 6.07 Å². The van der Waals surface area contributed by atoms with E-state index < -0.39 is 0 Å². The van der Waals surface area contributed by atoms with Crippen molar-refractivity contribution < 1.29 is 4.39 Å². The molecule has 0 saturated carbocycles. The second-order valence-electron chi connectivity index (χ2n) is 4.97. The quantitative estimate of drug-likeness (QED) is 0.814. The summed E-state index contributed by atoms with van der Waals surface area (Å²) in [6.45, 7) is 3.19. The summed E-state index contributed by atoms with van der Waals surface area (Å²) < 4.78 is 13.4. The van der Waals surface area contributed by atoms with Crippen molar-refractivity contribution in [2.24, 2.45) is 5.92 Å². The van der Waals surface area contributed by atoms with Crippen LogP contribution in [-0.4, -0.2) is 38.6 Å². The number of rotatable bonds is 3. The second kappa shape index (κ2) is 4.92. The molecule has 1 unspecified atom stereocenters. The second-order valence-corrected chi connectivity index (χ2v) is 4.97. The molecular weight excluding hydrogens is 217 g/mol. The number of halogens is 1. The van der Waals surface area contributed by atoms with Gasteiger partial charge in [0.15, 0.2) is 0 Å². The van der Waals surface area contributed by atoms with Crippen LogP contribution in [0.4, 0.5) is 15.8 Å². The molecule has 94 valence electrons. The highest BCUT2D eigenvalue weighted by Gasteiger charge is 2.21. The minimum absolute atomic E-state index is 0.251. The zero-order valence-electron chi connectivity index (χ0n) is 10.5. The van der Waals surface area contributed by atoms with Crippen molar-refractivity contribution in [3.63, 3.8) is 0 Å². The van der Waals surface area contributed by atoms with Gasteiger partial charge in [0.05, 0.1) is 11.4 Å². The van der Waals surface area contributed by atoms with Gasteiger partial charge in [0, 0.05) is 20.1 Å². The first kappa shape index (κ1) is 12.2. The average Bonchev–Trinajstić information content (AvgIpc) is 2.68. The van der Waals surface area contributed by atoms with Crippen LogP contribution in [0, 0.1) is 11.7 Å². The van der Waals surface area contributed by atoms with Crippen LogP contribution in [0.3, 0.4) is 0 Å². The van der Waals surface area contributed by atoms with Crippen molar-refractivity contribution in [1.82, 2.24) is 4.90 Å². The van der Waals surface area contributed by atoms with Gasteiger partial charge in [0.25, 0.3) is 0 Å². The van der Waals surface area contributed by atoms with Crippen molar-refractivity contribution in [3.05, 3.63) is 24.0 Å². The molecule has 4 heteroatoms. The summed E-state index contributed by atoms with van der Waals surface area (Å²) in [7, 11) is 4.11. The molecule has 1 heterocycles. The van der Waals surface area contributed by atoms with E-state index in [9.17, 15) is 4.39 Å². The van der Waals surface area contributed by atoms with Gasteiger partial charge in [0.1, 0.15) is 5.82 Å². The highest BCUT2D eigenvalue weighted by atomic mass is 19.1. The Labute approximate surface area is 102 Å². The summed E-state index contributed by atoms with van der Waals surface area (Å²) in [5.74, 6) is 0.311. The molecule has 0 amide bonds. The van der Waals surface area contributed by atoms with E-state index in [4.69, 9.17) is 5.73 Å². The molecule has 1 saturated heterocycles. The topological polar surface area (TPSA) is 32.5 Å². The highest BCUT2D eigenvalue weighted by Crippen LogP contribution is 2.26. The lowest BCUT2D eigenvalue weighted by Gasteiger charge is -2.24. The van der Waals surface area contributed by atoms with Gasteiger partial charge >= 0.3 is 0 Å². The first-order valence-electron chi connectivity index (χ1n) is 6.01. The summed E-state index contributed by atoms with van der Waals surface area (Å²) in [4.78, 5) is 4.38. The number of hydrogen-bond donors (Lipinski definition) is 1. The van der Waals surface area contributed by atoms with E-state index in [1.807, 2.05) is 13.1 Å². The number of nitrogens with zero attached hydrogens (tertiary/aromatic N) is 2. The maximum absolute atomic E-state index is 13.4. The highest BCUT2D eigenvalue weighted by molar-refractivity contribution is 5.67. The summed E-state index contributed by atoms with van der Waals surface area (Å²) in [6.07, 6.45) is 1.20. The van der Waals surface area contributed by atoms with Crippen molar-refractivity contribution in [3.8, 4) is 0 Å². The predicted octanol–water partition coefficient (Wildman–Crippen LogP) is 1.80. The average molecular weight is 237 g/mol. The SMILES string of the molecule is CN1CCC(CN(C)c2cccc(F)c2N)C1. The minimum atomic E-state index is -0.335. The van der Waals surface area contributed by atoms with Crippen LogP contribution in [-0.2, 0) is 0 Å². The molecular formula is C13H20FN3. The van der Waals surface area contributed by atoms with E-state index in [2.05, 4.69) is 16.8 Å². The predicted molar refractivity (Wildman–Crippen MR) is 69.7 cm³/mol. The van der Waals surface area contributed by atoms with E-state index in [-0.39, 0.29) is 11.5 Å². The van der Waals surface area contributed by atoms with Gasteiger partial charge in [-0.1, -0.05) is 6.07 Å². The normalized spacial score (nSPS) is 20.8. The number of hydrogen-bond acceptors (Lipinski definition) is 3. The third kappa shape index (κ3) is 2.69. The van der Waals surface area contributed by atoms with Gasteiger partial charge in [-0.15, -0.1) is 0 Å². The lowest BCUT2D eigenvalue weighted by atomic mass is 10.1. The fourth-order valence-electron chi connectivity index (χ4n) is 2.52. The monoisotopic (exact) mass is 237 g/mol. The molecule has 17 heavy (non-hydrogen) atoms. The summed E-state index contributed by atoms with van der Waals surface area (Å²) >= 11 is 0. The number of likely N-dealkylation sites (tertiary alicyclic amines) is 1. The number of nitrogens with two attached hydrogens (primary N) is 1. The lowest BCUT2D eigenvalue weighted by molar-refractivity contribution is 0.396. The molecule has 1 atom stereocenters. The summed E-state index contributed by atoms with van der Waals surface area (Å²) in [5, 5.41) is 0. The van der Waals surface area contributed by atoms with Crippen LogP contribution >= 0.6 is 0 Å². The Morgan fingerprint density at radius 1 is 1.53 bits per heavy atom. The van der Waals surface area contributed by atoms with Crippen molar-refractivity contribution in [2.45, 2.75) is 6.42 Å². The van der Waals surface area contributed by atoms with E-state index in [0.29, 0.717) is 5.92 Å². The van der Waals surface area contributed by atoms with E-state index in [0.717, 1.165) is 25.3 Å². The Morgan fingerprint density at radius 2 is 2.29 bits per heavy atom. The van der Waals surface area contributed by atoms with Gasteiger partial charge < -0.3 is 15.5 Å². The number of benzene rings is 1. The third-order valence-corrected chi connectivity index (χ3v) is 3.46. The van der Waals surface area contributed by atoms with Crippen molar-refractivity contribution >= 4 is 11.4 Å². The number of anilines is 2. The number of para-hydroxylation sites is 1.